The van der Waals surface area contributed by atoms with Crippen LogP contribution in [-0.2, 0) is 0 Å². The molecule has 0 heterocycles. The van der Waals surface area contributed by atoms with Crippen LogP contribution in [0, 0.1) is 29.1 Å². The highest BCUT2D eigenvalue weighted by Gasteiger charge is 2.51. The standard InChI is InChI=1S/C31H50O3/c1-7-23(11-8-9-17-30(4,5)34)21(2)27-15-16-28-24(12-10-18-31(27,28)6)13-14-25-19-26(32)20-29(33)22(25)3/h8,11,13-14,21,23,26-29,32-34H,3,7,9-10,12,15-20H2,1-2,4-6H3/b11-8+,24-13+,25-14-/t21-,23+,26+,27+,28-,29-,31+/m0/s1. The fourth-order valence-electron chi connectivity index (χ4n) is 7.30. The quantitative estimate of drug-likeness (QED) is 0.338. The van der Waals surface area contributed by atoms with Crippen LogP contribution >= 0.6 is 0 Å². The van der Waals surface area contributed by atoms with E-state index in [1.54, 1.807) is 5.57 Å². The summed E-state index contributed by atoms with van der Waals surface area (Å²) in [6, 6.07) is 0. The molecule has 0 spiro atoms. The van der Waals surface area contributed by atoms with E-state index >= 15 is 0 Å². The third kappa shape index (κ3) is 6.33. The first-order valence-electron chi connectivity index (χ1n) is 13.8. The van der Waals surface area contributed by atoms with Crippen molar-refractivity contribution >= 4 is 0 Å². The highest BCUT2D eigenvalue weighted by molar-refractivity contribution is 5.38. The van der Waals surface area contributed by atoms with Gasteiger partial charge < -0.3 is 15.3 Å². The largest absolute Gasteiger partial charge is 0.393 e. The second-order valence-corrected chi connectivity index (χ2v) is 12.4. The maximum atomic E-state index is 10.2. The zero-order chi connectivity index (χ0) is 25.1. The number of rotatable bonds is 8. The van der Waals surface area contributed by atoms with Gasteiger partial charge in [0, 0.05) is 6.42 Å². The molecule has 0 aromatic rings. The second-order valence-electron chi connectivity index (χ2n) is 12.4. The summed E-state index contributed by atoms with van der Waals surface area (Å²) >= 11 is 0. The number of hydrogen-bond acceptors (Lipinski definition) is 3. The van der Waals surface area contributed by atoms with Gasteiger partial charge in [-0.1, -0.05) is 57.2 Å². The molecular formula is C31H50O3. The molecule has 0 radical (unpaired) electrons. The second kappa shape index (κ2) is 11.3. The lowest BCUT2D eigenvalue weighted by Crippen LogP contribution is -2.37. The predicted octanol–water partition coefficient (Wildman–Crippen LogP) is 6.90. The average molecular weight is 471 g/mol. The van der Waals surface area contributed by atoms with Crippen molar-refractivity contribution in [1.29, 1.82) is 0 Å². The van der Waals surface area contributed by atoms with Crippen LogP contribution in [0.25, 0.3) is 0 Å². The first-order chi connectivity index (χ1) is 16.0. The SMILES string of the molecule is C=C1/C(=C\C=C2/CCC[C@]3(C)[C@@H]([C@@H](C)[C@@H](/C=C/CCC(C)(C)O)CC)CC[C@@H]23)C[C@@H](O)C[C@@H]1O. The first kappa shape index (κ1) is 27.4. The lowest BCUT2D eigenvalue weighted by atomic mass is 9.59. The van der Waals surface area contributed by atoms with Crippen molar-refractivity contribution in [2.75, 3.05) is 0 Å². The zero-order valence-electron chi connectivity index (χ0n) is 22.4. The lowest BCUT2D eigenvalue weighted by Gasteiger charge is -2.45. The van der Waals surface area contributed by atoms with Crippen molar-refractivity contribution in [3.8, 4) is 0 Å². The molecular weight excluding hydrogens is 420 g/mol. The van der Waals surface area contributed by atoms with Gasteiger partial charge in [0.05, 0.1) is 17.8 Å². The van der Waals surface area contributed by atoms with Gasteiger partial charge in [-0.25, -0.2) is 0 Å². The summed E-state index contributed by atoms with van der Waals surface area (Å²) in [5.74, 6) is 2.60. The molecule has 192 valence electrons. The number of fused-ring (bicyclic) bond motifs is 1. The van der Waals surface area contributed by atoms with Crippen LogP contribution in [0.2, 0.25) is 0 Å². The van der Waals surface area contributed by atoms with Crippen molar-refractivity contribution < 1.29 is 15.3 Å². The van der Waals surface area contributed by atoms with Gasteiger partial charge in [0.2, 0.25) is 0 Å². The Hall–Kier alpha value is -1.16. The van der Waals surface area contributed by atoms with Gasteiger partial charge in [-0.2, -0.15) is 0 Å². The molecule has 0 amide bonds. The minimum atomic E-state index is -0.621. The van der Waals surface area contributed by atoms with E-state index in [-0.39, 0.29) is 0 Å². The van der Waals surface area contributed by atoms with Gasteiger partial charge in [0.15, 0.2) is 0 Å². The molecule has 3 saturated carbocycles. The van der Waals surface area contributed by atoms with Crippen LogP contribution in [0.15, 0.2) is 47.6 Å². The minimum absolute atomic E-state index is 0.346. The summed E-state index contributed by atoms with van der Waals surface area (Å²) < 4.78 is 0. The molecule has 3 aliphatic carbocycles. The fraction of sp³-hybridized carbons (Fsp3) is 0.742. The van der Waals surface area contributed by atoms with Crippen LogP contribution in [-0.4, -0.2) is 33.1 Å². The van der Waals surface area contributed by atoms with Crippen molar-refractivity contribution in [3.05, 3.63) is 47.6 Å². The van der Waals surface area contributed by atoms with E-state index < -0.39 is 17.8 Å². The Morgan fingerprint density at radius 3 is 2.62 bits per heavy atom. The molecule has 3 heteroatoms. The smallest absolute Gasteiger partial charge is 0.0811 e. The van der Waals surface area contributed by atoms with Gasteiger partial charge in [0.25, 0.3) is 0 Å². The van der Waals surface area contributed by atoms with Crippen LogP contribution in [0.3, 0.4) is 0 Å². The molecule has 3 rings (SSSR count). The number of aliphatic hydroxyl groups is 3. The van der Waals surface area contributed by atoms with Gasteiger partial charge >= 0.3 is 0 Å². The Kier molecular flexibility index (Phi) is 9.09. The Bertz CT molecular complexity index is 798. The third-order valence-electron chi connectivity index (χ3n) is 9.39. The maximum Gasteiger partial charge on any atom is 0.0811 e. The molecule has 7 atom stereocenters. The molecule has 3 nitrogen and oxygen atoms in total. The van der Waals surface area contributed by atoms with Crippen LogP contribution in [0.5, 0.6) is 0 Å². The van der Waals surface area contributed by atoms with Gasteiger partial charge in [-0.15, -0.1) is 0 Å². The van der Waals surface area contributed by atoms with E-state index in [1.165, 1.54) is 32.1 Å². The van der Waals surface area contributed by atoms with E-state index in [4.69, 9.17) is 0 Å². The van der Waals surface area contributed by atoms with E-state index in [0.717, 1.165) is 36.3 Å². The molecule has 34 heavy (non-hydrogen) atoms. The maximum absolute atomic E-state index is 10.2. The van der Waals surface area contributed by atoms with Gasteiger partial charge in [-0.05, 0) is 112 Å². The van der Waals surface area contributed by atoms with E-state index in [0.29, 0.717) is 36.0 Å². The van der Waals surface area contributed by atoms with Gasteiger partial charge in [-0.3, -0.25) is 0 Å². The van der Waals surface area contributed by atoms with E-state index in [9.17, 15) is 15.3 Å². The van der Waals surface area contributed by atoms with Crippen LogP contribution in [0.4, 0.5) is 0 Å². The molecule has 3 fully saturated rings. The fourth-order valence-corrected chi connectivity index (χ4v) is 7.30. The molecule has 0 aromatic heterocycles. The zero-order valence-corrected chi connectivity index (χ0v) is 22.4. The van der Waals surface area contributed by atoms with Crippen molar-refractivity contribution in [3.63, 3.8) is 0 Å². The Morgan fingerprint density at radius 2 is 1.94 bits per heavy atom. The number of hydrogen-bond donors (Lipinski definition) is 3. The highest BCUT2D eigenvalue weighted by Crippen LogP contribution is 2.60. The molecule has 3 N–H and O–H groups in total. The molecule has 3 aliphatic rings. The highest BCUT2D eigenvalue weighted by atomic mass is 16.3. The Labute approximate surface area is 208 Å². The molecule has 0 saturated heterocycles. The minimum Gasteiger partial charge on any atom is -0.393 e. The Morgan fingerprint density at radius 1 is 1.21 bits per heavy atom. The molecule has 0 unspecified atom stereocenters. The first-order valence-corrected chi connectivity index (χ1v) is 13.8. The van der Waals surface area contributed by atoms with Crippen molar-refractivity contribution in [2.45, 2.75) is 117 Å². The topological polar surface area (TPSA) is 60.7 Å². The summed E-state index contributed by atoms with van der Waals surface area (Å²) in [4.78, 5) is 0. The molecule has 0 bridgehead atoms. The normalized spacial score (nSPS) is 36.9. The molecule has 0 aromatic carbocycles. The number of allylic oxidation sites excluding steroid dienone is 5. The summed E-state index contributed by atoms with van der Waals surface area (Å²) in [5.41, 5.74) is 3.10. The summed E-state index contributed by atoms with van der Waals surface area (Å²) in [6.45, 7) is 15.2. The summed E-state index contributed by atoms with van der Waals surface area (Å²) in [5, 5.41) is 30.3. The van der Waals surface area contributed by atoms with Crippen LogP contribution in [0.1, 0.15) is 98.8 Å². The summed E-state index contributed by atoms with van der Waals surface area (Å²) in [6.07, 6.45) is 18.3. The predicted molar refractivity (Wildman–Crippen MR) is 142 cm³/mol. The Balaban J connectivity index is 1.73. The molecule has 0 aliphatic heterocycles. The van der Waals surface area contributed by atoms with Crippen molar-refractivity contribution in [1.82, 2.24) is 0 Å². The third-order valence-corrected chi connectivity index (χ3v) is 9.39. The van der Waals surface area contributed by atoms with E-state index in [1.807, 2.05) is 13.8 Å². The van der Waals surface area contributed by atoms with E-state index in [2.05, 4.69) is 51.7 Å². The van der Waals surface area contributed by atoms with Crippen molar-refractivity contribution in [2.24, 2.45) is 29.1 Å². The lowest BCUT2D eigenvalue weighted by molar-refractivity contribution is 0.0718. The summed E-state index contributed by atoms with van der Waals surface area (Å²) in [7, 11) is 0. The monoisotopic (exact) mass is 470 g/mol. The van der Waals surface area contributed by atoms with Gasteiger partial charge in [0.1, 0.15) is 0 Å². The van der Waals surface area contributed by atoms with Crippen LogP contribution < -0.4 is 0 Å². The average Bonchev–Trinajstić information content (AvgIpc) is 3.11. The number of aliphatic hydroxyl groups excluding tert-OH is 2.